The number of hydrogen-bond acceptors (Lipinski definition) is 2. The van der Waals surface area contributed by atoms with E-state index in [1.54, 1.807) is 7.05 Å². The number of hydrogen-bond donors (Lipinski definition) is 1. The molecule has 3 fully saturated rings. The Labute approximate surface area is 227 Å². The van der Waals surface area contributed by atoms with Gasteiger partial charge in [-0.1, -0.05) is 107 Å². The second-order valence-corrected chi connectivity index (χ2v) is 16.8. The number of benzene rings is 2. The highest BCUT2D eigenvalue weighted by atomic mass is 31.1. The monoisotopic (exact) mass is 536 g/mol. The Kier molecular flexibility index (Phi) is 10.1. The third-order valence-corrected chi connectivity index (χ3v) is 15.6. The molecule has 2 aromatic rings. The van der Waals surface area contributed by atoms with Crippen LogP contribution in [0.25, 0.3) is 0 Å². The van der Waals surface area contributed by atoms with E-state index in [9.17, 15) is 4.79 Å². The van der Waals surface area contributed by atoms with Crippen LogP contribution < -0.4 is 15.9 Å². The van der Waals surface area contributed by atoms with Crippen molar-refractivity contribution in [2.45, 2.75) is 93.6 Å². The molecule has 200 valence electrons. The molecular weight excluding hydrogens is 490 g/mol. The molecule has 1 amide bonds. The molecule has 1 N–H and O–H groups in total. The molecule has 1 heterocycles. The van der Waals surface area contributed by atoms with Crippen LogP contribution in [0.5, 0.6) is 0 Å². The second-order valence-electron chi connectivity index (χ2n) is 11.5. The maximum absolute atomic E-state index is 12.7. The molecule has 3 nitrogen and oxygen atoms in total. The highest BCUT2D eigenvalue weighted by molar-refractivity contribution is 7.73. The Hall–Kier alpha value is -1.27. The van der Waals surface area contributed by atoms with E-state index in [0.29, 0.717) is 12.6 Å². The van der Waals surface area contributed by atoms with E-state index in [1.165, 1.54) is 81.2 Å². The number of likely N-dealkylation sites (N-methyl/N-ethyl adjacent to an activating group) is 1. The van der Waals surface area contributed by atoms with Crippen molar-refractivity contribution in [3.05, 3.63) is 60.7 Å². The summed E-state index contributed by atoms with van der Waals surface area (Å²) in [6.07, 6.45) is 17.0. The van der Waals surface area contributed by atoms with Crippen molar-refractivity contribution in [3.8, 4) is 0 Å². The number of carbonyl (C=O) groups is 1. The lowest BCUT2D eigenvalue weighted by Gasteiger charge is -2.42. The standard InChI is InChI=1S/C32H46N2OP2/c1-33-32(35)24-34-23-31(37(29-18-10-4-11-19-29)30-20-12-5-13-21-30)22-26(34)25-36(27-14-6-2-7-15-27)28-16-8-3-9-17-28/h2-3,6-9,14-17,26,29-31H,4-5,10-13,18-25H2,1H3,(H,33,35). The summed E-state index contributed by atoms with van der Waals surface area (Å²) in [4.78, 5) is 15.3. The van der Waals surface area contributed by atoms with Crippen LogP contribution in [0.4, 0.5) is 0 Å². The predicted octanol–water partition coefficient (Wildman–Crippen LogP) is 6.46. The number of amides is 1. The quantitative estimate of drug-likeness (QED) is 0.373. The van der Waals surface area contributed by atoms with Crippen molar-refractivity contribution in [2.75, 3.05) is 26.3 Å². The second kappa shape index (κ2) is 13.7. The van der Waals surface area contributed by atoms with Gasteiger partial charge in [-0.15, -0.1) is 0 Å². The highest BCUT2D eigenvalue weighted by Crippen LogP contribution is 2.61. The minimum Gasteiger partial charge on any atom is -0.358 e. The number of likely N-dealkylation sites (tertiary alicyclic amines) is 1. The lowest BCUT2D eigenvalue weighted by Crippen LogP contribution is -2.41. The first kappa shape index (κ1) is 27.3. The summed E-state index contributed by atoms with van der Waals surface area (Å²) in [5, 5.41) is 5.86. The van der Waals surface area contributed by atoms with Crippen LogP contribution in [0.1, 0.15) is 70.6 Å². The van der Waals surface area contributed by atoms with Crippen LogP contribution in [0.15, 0.2) is 60.7 Å². The van der Waals surface area contributed by atoms with Crippen molar-refractivity contribution < 1.29 is 4.79 Å². The summed E-state index contributed by atoms with van der Waals surface area (Å²) in [5.41, 5.74) is 2.75. The molecule has 2 atom stereocenters. The van der Waals surface area contributed by atoms with E-state index in [2.05, 4.69) is 70.9 Å². The van der Waals surface area contributed by atoms with Gasteiger partial charge in [0.1, 0.15) is 0 Å². The molecule has 3 aliphatic rings. The fraction of sp³-hybridized carbons (Fsp3) is 0.594. The van der Waals surface area contributed by atoms with Crippen LogP contribution in [-0.4, -0.2) is 60.1 Å². The maximum atomic E-state index is 12.7. The zero-order chi connectivity index (χ0) is 25.5. The molecule has 5 rings (SSSR count). The smallest absolute Gasteiger partial charge is 0.233 e. The largest absolute Gasteiger partial charge is 0.358 e. The fourth-order valence-corrected chi connectivity index (χ4v) is 14.4. The SMILES string of the molecule is CNC(=O)CN1CC(P(C2CCCCC2)C2CCCCC2)CC1CP(c1ccccc1)c1ccccc1. The summed E-state index contributed by atoms with van der Waals surface area (Å²) >= 11 is 0. The number of nitrogens with one attached hydrogen (secondary N) is 1. The Morgan fingerprint density at radius 3 is 1.78 bits per heavy atom. The van der Waals surface area contributed by atoms with E-state index >= 15 is 0 Å². The highest BCUT2D eigenvalue weighted by Gasteiger charge is 2.43. The summed E-state index contributed by atoms with van der Waals surface area (Å²) in [6.45, 7) is 1.70. The maximum Gasteiger partial charge on any atom is 0.233 e. The third-order valence-electron chi connectivity index (χ3n) is 9.07. The number of nitrogens with zero attached hydrogens (tertiary/aromatic N) is 1. The molecule has 1 aliphatic heterocycles. The number of rotatable bonds is 9. The Morgan fingerprint density at radius 2 is 1.30 bits per heavy atom. The average Bonchev–Trinajstić information content (AvgIpc) is 3.35. The van der Waals surface area contributed by atoms with Crippen LogP contribution in [0, 0.1) is 0 Å². The Balaban J connectivity index is 1.41. The molecule has 2 unspecified atom stereocenters. The van der Waals surface area contributed by atoms with Gasteiger partial charge in [0, 0.05) is 19.6 Å². The first-order valence-electron chi connectivity index (χ1n) is 14.8. The minimum absolute atomic E-state index is 0.0197. The molecular formula is C32H46N2OP2. The lowest BCUT2D eigenvalue weighted by molar-refractivity contribution is -0.121. The molecule has 37 heavy (non-hydrogen) atoms. The van der Waals surface area contributed by atoms with Crippen molar-refractivity contribution in [2.24, 2.45) is 0 Å². The van der Waals surface area contributed by atoms with Gasteiger partial charge in [0.25, 0.3) is 0 Å². The zero-order valence-electron chi connectivity index (χ0n) is 22.7. The third kappa shape index (κ3) is 7.03. The molecule has 0 radical (unpaired) electrons. The summed E-state index contributed by atoms with van der Waals surface area (Å²) in [6, 6.07) is 22.8. The first-order valence-corrected chi connectivity index (χ1v) is 17.9. The molecule has 2 aromatic carbocycles. The van der Waals surface area contributed by atoms with E-state index in [0.717, 1.165) is 29.7 Å². The van der Waals surface area contributed by atoms with E-state index in [4.69, 9.17) is 0 Å². The Morgan fingerprint density at radius 1 is 0.784 bits per heavy atom. The van der Waals surface area contributed by atoms with E-state index in [1.807, 2.05) is 0 Å². The topological polar surface area (TPSA) is 32.3 Å². The molecule has 2 aliphatic carbocycles. The molecule has 0 spiro atoms. The van der Waals surface area contributed by atoms with E-state index in [-0.39, 0.29) is 13.8 Å². The summed E-state index contributed by atoms with van der Waals surface area (Å²) in [5.74, 6) is 0.175. The van der Waals surface area contributed by atoms with Crippen molar-refractivity contribution in [3.63, 3.8) is 0 Å². The normalized spacial score (nSPS) is 24.1. The molecule has 2 saturated carbocycles. The molecule has 5 heteroatoms. The number of carbonyl (C=O) groups excluding carboxylic acids is 1. The van der Waals surface area contributed by atoms with Gasteiger partial charge in [0.15, 0.2) is 0 Å². The summed E-state index contributed by atoms with van der Waals surface area (Å²) < 4.78 is 0. The van der Waals surface area contributed by atoms with Gasteiger partial charge in [-0.3, -0.25) is 9.69 Å². The van der Waals surface area contributed by atoms with Gasteiger partial charge in [0.2, 0.25) is 5.91 Å². The molecule has 0 bridgehead atoms. The van der Waals surface area contributed by atoms with Gasteiger partial charge in [-0.05, 0) is 73.8 Å². The van der Waals surface area contributed by atoms with Crippen LogP contribution in [-0.2, 0) is 4.79 Å². The van der Waals surface area contributed by atoms with Gasteiger partial charge in [0.05, 0.1) is 6.54 Å². The van der Waals surface area contributed by atoms with Crippen LogP contribution >= 0.6 is 15.8 Å². The lowest BCUT2D eigenvalue weighted by atomic mass is 9.99. The Bertz CT molecular complexity index is 902. The summed E-state index contributed by atoms with van der Waals surface area (Å²) in [7, 11) is 1.36. The van der Waals surface area contributed by atoms with Crippen molar-refractivity contribution in [1.29, 1.82) is 0 Å². The molecule has 1 saturated heterocycles. The minimum atomic E-state index is -0.451. The van der Waals surface area contributed by atoms with E-state index < -0.39 is 7.92 Å². The fourth-order valence-electron chi connectivity index (χ4n) is 7.26. The van der Waals surface area contributed by atoms with Crippen LogP contribution in [0.2, 0.25) is 0 Å². The predicted molar refractivity (Wildman–Crippen MR) is 162 cm³/mol. The van der Waals surface area contributed by atoms with Gasteiger partial charge in [-0.2, -0.15) is 0 Å². The zero-order valence-corrected chi connectivity index (χ0v) is 24.5. The van der Waals surface area contributed by atoms with Gasteiger partial charge < -0.3 is 5.32 Å². The van der Waals surface area contributed by atoms with Crippen molar-refractivity contribution in [1.82, 2.24) is 10.2 Å². The first-order chi connectivity index (χ1) is 18.2. The molecule has 0 aromatic heterocycles. The van der Waals surface area contributed by atoms with Crippen molar-refractivity contribution >= 4 is 32.4 Å². The average molecular weight is 537 g/mol. The van der Waals surface area contributed by atoms with Gasteiger partial charge in [-0.25, -0.2) is 0 Å². The van der Waals surface area contributed by atoms with Gasteiger partial charge >= 0.3 is 0 Å². The van der Waals surface area contributed by atoms with Crippen LogP contribution in [0.3, 0.4) is 0 Å².